The smallest absolute Gasteiger partial charge is 0.257 e. The summed E-state index contributed by atoms with van der Waals surface area (Å²) in [6.07, 6.45) is 3.13. The van der Waals surface area contributed by atoms with E-state index in [0.717, 1.165) is 17.7 Å². The van der Waals surface area contributed by atoms with E-state index in [1.807, 2.05) is 29.2 Å². The molecular weight excluding hydrogens is 372 g/mol. The van der Waals surface area contributed by atoms with Crippen LogP contribution in [-0.4, -0.2) is 53.2 Å². The van der Waals surface area contributed by atoms with Crippen LogP contribution in [0.5, 0.6) is 11.6 Å². The van der Waals surface area contributed by atoms with E-state index in [-0.39, 0.29) is 5.91 Å². The van der Waals surface area contributed by atoms with Crippen molar-refractivity contribution in [2.75, 3.05) is 27.3 Å². The highest BCUT2D eigenvalue weighted by molar-refractivity contribution is 5.94. The van der Waals surface area contributed by atoms with Crippen LogP contribution < -0.4 is 9.47 Å². The standard InChI is InChI=1S/C21H22N4O4/c1-27-17-6-3-15(4-7-17)20-23-18(24-29-20)11-14-9-10-25(13-14)21(26)16-5-8-19(28-2)22-12-16/h3-8,12,14H,9-11,13H2,1-2H3. The van der Waals surface area contributed by atoms with Gasteiger partial charge in [0, 0.05) is 37.3 Å². The second kappa shape index (κ2) is 8.30. The van der Waals surface area contributed by atoms with Gasteiger partial charge in [-0.3, -0.25) is 4.79 Å². The average molecular weight is 394 g/mol. The molecule has 8 heteroatoms. The van der Waals surface area contributed by atoms with Gasteiger partial charge in [-0.1, -0.05) is 5.16 Å². The van der Waals surface area contributed by atoms with Crippen molar-refractivity contribution in [3.05, 3.63) is 54.0 Å². The molecular formula is C21H22N4O4. The number of benzene rings is 1. The number of hydrogen-bond acceptors (Lipinski definition) is 7. The lowest BCUT2D eigenvalue weighted by Gasteiger charge is -2.16. The van der Waals surface area contributed by atoms with Crippen LogP contribution >= 0.6 is 0 Å². The van der Waals surface area contributed by atoms with Crippen molar-refractivity contribution >= 4 is 5.91 Å². The third-order valence-electron chi connectivity index (χ3n) is 5.04. The van der Waals surface area contributed by atoms with E-state index in [4.69, 9.17) is 14.0 Å². The van der Waals surface area contributed by atoms with Gasteiger partial charge >= 0.3 is 0 Å². The molecule has 3 aromatic rings. The van der Waals surface area contributed by atoms with Gasteiger partial charge in [0.25, 0.3) is 11.8 Å². The Morgan fingerprint density at radius 1 is 1.17 bits per heavy atom. The van der Waals surface area contributed by atoms with Crippen LogP contribution in [0.1, 0.15) is 22.6 Å². The van der Waals surface area contributed by atoms with Gasteiger partial charge in [-0.2, -0.15) is 4.98 Å². The Morgan fingerprint density at radius 3 is 2.69 bits per heavy atom. The second-order valence-corrected chi connectivity index (χ2v) is 6.94. The summed E-state index contributed by atoms with van der Waals surface area (Å²) in [5, 5.41) is 4.10. The SMILES string of the molecule is COc1ccc(-c2nc(CC3CCN(C(=O)c4ccc(OC)nc4)C3)no2)cc1. The first-order valence-corrected chi connectivity index (χ1v) is 9.42. The third-order valence-corrected chi connectivity index (χ3v) is 5.04. The zero-order valence-corrected chi connectivity index (χ0v) is 16.4. The number of rotatable bonds is 6. The number of pyridine rings is 1. The van der Waals surface area contributed by atoms with Gasteiger partial charge in [-0.25, -0.2) is 4.98 Å². The summed E-state index contributed by atoms with van der Waals surface area (Å²) in [4.78, 5) is 23.1. The predicted molar refractivity (Wildman–Crippen MR) is 105 cm³/mol. The normalized spacial score (nSPS) is 16.1. The first-order chi connectivity index (χ1) is 14.2. The molecule has 1 atom stereocenters. The summed E-state index contributed by atoms with van der Waals surface area (Å²) in [6, 6.07) is 10.9. The number of nitrogens with zero attached hydrogens (tertiary/aromatic N) is 4. The van der Waals surface area contributed by atoms with E-state index in [1.54, 1.807) is 32.5 Å². The first kappa shape index (κ1) is 18.9. The maximum absolute atomic E-state index is 12.7. The van der Waals surface area contributed by atoms with Crippen molar-refractivity contribution in [1.82, 2.24) is 20.0 Å². The van der Waals surface area contributed by atoms with E-state index in [2.05, 4.69) is 15.1 Å². The second-order valence-electron chi connectivity index (χ2n) is 6.94. The molecule has 1 fully saturated rings. The van der Waals surface area contributed by atoms with Crippen molar-refractivity contribution in [3.8, 4) is 23.1 Å². The highest BCUT2D eigenvalue weighted by atomic mass is 16.5. The van der Waals surface area contributed by atoms with Gasteiger partial charge in [-0.05, 0) is 42.7 Å². The van der Waals surface area contributed by atoms with E-state index < -0.39 is 0 Å². The fraction of sp³-hybridized carbons (Fsp3) is 0.333. The predicted octanol–water partition coefficient (Wildman–Crippen LogP) is 2.85. The van der Waals surface area contributed by atoms with E-state index in [0.29, 0.717) is 48.6 Å². The highest BCUT2D eigenvalue weighted by Gasteiger charge is 2.28. The zero-order valence-electron chi connectivity index (χ0n) is 16.4. The van der Waals surface area contributed by atoms with Crippen LogP contribution in [-0.2, 0) is 6.42 Å². The Hall–Kier alpha value is -3.42. The Bertz CT molecular complexity index is 969. The molecule has 0 N–H and O–H groups in total. The summed E-state index contributed by atoms with van der Waals surface area (Å²) < 4.78 is 15.6. The summed E-state index contributed by atoms with van der Waals surface area (Å²) in [6.45, 7) is 1.37. The van der Waals surface area contributed by atoms with Crippen LogP contribution in [0.2, 0.25) is 0 Å². The molecule has 1 unspecified atom stereocenters. The molecule has 4 rings (SSSR count). The van der Waals surface area contributed by atoms with Crippen molar-refractivity contribution < 1.29 is 18.8 Å². The number of aromatic nitrogens is 3. The van der Waals surface area contributed by atoms with Crippen molar-refractivity contribution in [2.45, 2.75) is 12.8 Å². The Morgan fingerprint density at radius 2 is 2.00 bits per heavy atom. The van der Waals surface area contributed by atoms with Crippen LogP contribution in [0.3, 0.4) is 0 Å². The molecule has 150 valence electrons. The monoisotopic (exact) mass is 394 g/mol. The van der Waals surface area contributed by atoms with Crippen LogP contribution in [0.4, 0.5) is 0 Å². The molecule has 29 heavy (non-hydrogen) atoms. The molecule has 1 saturated heterocycles. The fourth-order valence-corrected chi connectivity index (χ4v) is 3.44. The number of amides is 1. The van der Waals surface area contributed by atoms with Gasteiger partial charge in [0.15, 0.2) is 5.82 Å². The molecule has 2 aromatic heterocycles. The number of likely N-dealkylation sites (tertiary alicyclic amines) is 1. The minimum Gasteiger partial charge on any atom is -0.497 e. The number of carbonyl (C=O) groups excluding carboxylic acids is 1. The molecule has 0 radical (unpaired) electrons. The van der Waals surface area contributed by atoms with Crippen molar-refractivity contribution in [3.63, 3.8) is 0 Å². The number of ether oxygens (including phenoxy) is 2. The van der Waals surface area contributed by atoms with Gasteiger partial charge in [0.05, 0.1) is 19.8 Å². The van der Waals surface area contributed by atoms with E-state index in [9.17, 15) is 4.79 Å². The van der Waals surface area contributed by atoms with Gasteiger partial charge in [0.1, 0.15) is 5.75 Å². The van der Waals surface area contributed by atoms with Crippen molar-refractivity contribution in [1.29, 1.82) is 0 Å². The summed E-state index contributed by atoms with van der Waals surface area (Å²) in [5.41, 5.74) is 1.41. The Labute approximate surface area is 168 Å². The lowest BCUT2D eigenvalue weighted by atomic mass is 10.0. The molecule has 0 bridgehead atoms. The largest absolute Gasteiger partial charge is 0.497 e. The van der Waals surface area contributed by atoms with Gasteiger partial charge < -0.3 is 18.9 Å². The fourth-order valence-electron chi connectivity index (χ4n) is 3.44. The molecule has 0 aliphatic carbocycles. The average Bonchev–Trinajstić information content (AvgIpc) is 3.43. The van der Waals surface area contributed by atoms with Crippen LogP contribution in [0.15, 0.2) is 47.1 Å². The van der Waals surface area contributed by atoms with E-state index >= 15 is 0 Å². The van der Waals surface area contributed by atoms with E-state index in [1.165, 1.54) is 0 Å². The van der Waals surface area contributed by atoms with Crippen molar-refractivity contribution in [2.24, 2.45) is 5.92 Å². The zero-order chi connectivity index (χ0) is 20.2. The molecule has 0 saturated carbocycles. The molecule has 0 spiro atoms. The maximum Gasteiger partial charge on any atom is 0.257 e. The van der Waals surface area contributed by atoms with Gasteiger partial charge in [0.2, 0.25) is 5.88 Å². The number of carbonyl (C=O) groups is 1. The lowest BCUT2D eigenvalue weighted by Crippen LogP contribution is -2.29. The van der Waals surface area contributed by atoms with Gasteiger partial charge in [-0.15, -0.1) is 0 Å². The highest BCUT2D eigenvalue weighted by Crippen LogP contribution is 2.24. The summed E-state index contributed by atoms with van der Waals surface area (Å²) in [5.74, 6) is 2.68. The quantitative estimate of drug-likeness (QED) is 0.635. The summed E-state index contributed by atoms with van der Waals surface area (Å²) >= 11 is 0. The molecule has 3 heterocycles. The molecule has 1 aromatic carbocycles. The molecule has 1 amide bonds. The van der Waals surface area contributed by atoms with Crippen LogP contribution in [0.25, 0.3) is 11.5 Å². The number of methoxy groups -OCH3 is 2. The molecule has 8 nitrogen and oxygen atoms in total. The third kappa shape index (κ3) is 4.21. The minimum atomic E-state index is -0.0188. The number of hydrogen-bond donors (Lipinski definition) is 0. The molecule has 1 aliphatic heterocycles. The minimum absolute atomic E-state index is 0.0188. The topological polar surface area (TPSA) is 90.6 Å². The molecule has 1 aliphatic rings. The summed E-state index contributed by atoms with van der Waals surface area (Å²) in [7, 11) is 3.17. The Balaban J connectivity index is 1.36. The first-order valence-electron chi connectivity index (χ1n) is 9.42. The lowest BCUT2D eigenvalue weighted by molar-refractivity contribution is 0.0786. The maximum atomic E-state index is 12.7. The van der Waals surface area contributed by atoms with Crippen LogP contribution in [0, 0.1) is 5.92 Å². The Kier molecular flexibility index (Phi) is 5.41.